The van der Waals surface area contributed by atoms with Gasteiger partial charge in [-0.05, 0) is 13.3 Å². The summed E-state index contributed by atoms with van der Waals surface area (Å²) in [5.74, 6) is 0.339. The molecule has 0 bridgehead atoms. The van der Waals surface area contributed by atoms with E-state index in [0.29, 0.717) is 12.4 Å². The van der Waals surface area contributed by atoms with E-state index in [1.54, 1.807) is 0 Å². The lowest BCUT2D eigenvalue weighted by molar-refractivity contribution is 0.334. The Bertz CT molecular complexity index is 520. The highest BCUT2D eigenvalue weighted by Crippen LogP contribution is 2.21. The SMILES string of the molecule is CCOc1cnn(C2C=CC=CC2)c(=O)c1Cl. The van der Waals surface area contributed by atoms with Crippen LogP contribution in [0, 0.1) is 0 Å². The standard InChI is InChI=1S/C12H13ClN2O2/c1-2-17-10-8-14-15(12(16)11(10)13)9-6-4-3-5-7-9/h3-6,8-9H,2,7H2,1H3. The molecule has 1 unspecified atom stereocenters. The minimum Gasteiger partial charge on any atom is -0.490 e. The molecule has 0 saturated carbocycles. The fourth-order valence-electron chi connectivity index (χ4n) is 1.67. The topological polar surface area (TPSA) is 44.1 Å². The predicted molar refractivity (Wildman–Crippen MR) is 66.6 cm³/mol. The lowest BCUT2D eigenvalue weighted by atomic mass is 10.1. The van der Waals surface area contributed by atoms with Crippen LogP contribution >= 0.6 is 11.6 Å². The molecule has 0 aliphatic heterocycles. The van der Waals surface area contributed by atoms with Crippen molar-refractivity contribution in [2.75, 3.05) is 6.61 Å². The van der Waals surface area contributed by atoms with E-state index in [0.717, 1.165) is 6.42 Å². The van der Waals surface area contributed by atoms with Gasteiger partial charge in [0.2, 0.25) is 0 Å². The van der Waals surface area contributed by atoms with Crippen LogP contribution in [-0.2, 0) is 0 Å². The van der Waals surface area contributed by atoms with Crippen LogP contribution in [0.3, 0.4) is 0 Å². The average Bonchev–Trinajstić information content (AvgIpc) is 2.36. The number of nitrogens with zero attached hydrogens (tertiary/aromatic N) is 2. The van der Waals surface area contributed by atoms with Crippen molar-refractivity contribution < 1.29 is 4.74 Å². The Hall–Kier alpha value is -1.55. The number of hydrogen-bond acceptors (Lipinski definition) is 3. The zero-order valence-corrected chi connectivity index (χ0v) is 10.2. The monoisotopic (exact) mass is 252 g/mol. The molecule has 0 amide bonds. The maximum atomic E-state index is 12.0. The molecule has 1 atom stereocenters. The summed E-state index contributed by atoms with van der Waals surface area (Å²) in [7, 11) is 0. The van der Waals surface area contributed by atoms with E-state index in [9.17, 15) is 4.79 Å². The first kappa shape index (κ1) is 11.9. The highest BCUT2D eigenvalue weighted by Gasteiger charge is 2.15. The lowest BCUT2D eigenvalue weighted by Crippen LogP contribution is -2.27. The van der Waals surface area contributed by atoms with Crippen molar-refractivity contribution in [3.8, 4) is 5.75 Å². The van der Waals surface area contributed by atoms with Crippen molar-refractivity contribution in [1.82, 2.24) is 9.78 Å². The van der Waals surface area contributed by atoms with Crippen molar-refractivity contribution in [3.05, 3.63) is 45.9 Å². The second-order valence-corrected chi connectivity index (χ2v) is 4.00. The third-order valence-corrected chi connectivity index (χ3v) is 2.83. The summed E-state index contributed by atoms with van der Waals surface area (Å²) in [5, 5.41) is 4.18. The van der Waals surface area contributed by atoms with E-state index in [1.807, 2.05) is 31.2 Å². The summed E-state index contributed by atoms with van der Waals surface area (Å²) < 4.78 is 6.60. The molecule has 0 aromatic carbocycles. The van der Waals surface area contributed by atoms with E-state index < -0.39 is 0 Å². The largest absolute Gasteiger partial charge is 0.490 e. The fraction of sp³-hybridized carbons (Fsp3) is 0.333. The molecule has 90 valence electrons. The third kappa shape index (κ3) is 2.42. The minimum absolute atomic E-state index is 0.0688. The molecule has 5 heteroatoms. The van der Waals surface area contributed by atoms with Crippen LogP contribution in [0.1, 0.15) is 19.4 Å². The highest BCUT2D eigenvalue weighted by molar-refractivity contribution is 6.31. The Balaban J connectivity index is 2.37. The summed E-state index contributed by atoms with van der Waals surface area (Å²) in [6, 6.07) is -0.0688. The summed E-state index contributed by atoms with van der Waals surface area (Å²) in [4.78, 5) is 12.0. The second-order valence-electron chi connectivity index (χ2n) is 3.62. The molecule has 2 rings (SSSR count). The number of halogens is 1. The number of allylic oxidation sites excluding steroid dienone is 4. The third-order valence-electron chi connectivity index (χ3n) is 2.48. The summed E-state index contributed by atoms with van der Waals surface area (Å²) in [6.07, 6.45) is 9.98. The van der Waals surface area contributed by atoms with E-state index in [1.165, 1.54) is 10.9 Å². The molecule has 1 heterocycles. The molecule has 1 aromatic rings. The van der Waals surface area contributed by atoms with Gasteiger partial charge >= 0.3 is 0 Å². The van der Waals surface area contributed by atoms with Crippen molar-refractivity contribution in [2.24, 2.45) is 0 Å². The molecule has 1 aromatic heterocycles. The summed E-state index contributed by atoms with van der Waals surface area (Å²) in [6.45, 7) is 2.29. The van der Waals surface area contributed by atoms with Crippen LogP contribution in [0.15, 0.2) is 35.3 Å². The molecular formula is C12H13ClN2O2. The number of aromatic nitrogens is 2. The van der Waals surface area contributed by atoms with Gasteiger partial charge in [0.05, 0.1) is 18.8 Å². The van der Waals surface area contributed by atoms with Gasteiger partial charge in [-0.1, -0.05) is 35.9 Å². The Labute approximate surface area is 104 Å². The van der Waals surface area contributed by atoms with E-state index in [2.05, 4.69) is 5.10 Å². The Morgan fingerprint density at radius 1 is 1.59 bits per heavy atom. The van der Waals surface area contributed by atoms with Gasteiger partial charge in [0.25, 0.3) is 5.56 Å². The van der Waals surface area contributed by atoms with Crippen LogP contribution < -0.4 is 10.3 Å². The Kier molecular flexibility index (Phi) is 3.64. The van der Waals surface area contributed by atoms with Gasteiger partial charge < -0.3 is 4.74 Å². The molecule has 0 radical (unpaired) electrons. The first-order valence-corrected chi connectivity index (χ1v) is 5.85. The van der Waals surface area contributed by atoms with Crippen LogP contribution in [0.2, 0.25) is 5.02 Å². The molecule has 0 N–H and O–H groups in total. The van der Waals surface area contributed by atoms with E-state index in [-0.39, 0.29) is 16.6 Å². The number of hydrogen-bond donors (Lipinski definition) is 0. The van der Waals surface area contributed by atoms with Crippen molar-refractivity contribution in [1.29, 1.82) is 0 Å². The Morgan fingerprint density at radius 3 is 3.06 bits per heavy atom. The lowest BCUT2D eigenvalue weighted by Gasteiger charge is -2.16. The summed E-state index contributed by atoms with van der Waals surface area (Å²) in [5.41, 5.74) is -0.317. The maximum Gasteiger partial charge on any atom is 0.289 e. The van der Waals surface area contributed by atoms with Gasteiger partial charge in [0.1, 0.15) is 0 Å². The zero-order valence-electron chi connectivity index (χ0n) is 9.47. The molecular weight excluding hydrogens is 240 g/mol. The molecule has 0 saturated heterocycles. The quantitative estimate of drug-likeness (QED) is 0.830. The van der Waals surface area contributed by atoms with Gasteiger partial charge in [0.15, 0.2) is 10.8 Å². The smallest absolute Gasteiger partial charge is 0.289 e. The second kappa shape index (κ2) is 5.19. The van der Waals surface area contributed by atoms with Crippen LogP contribution in [0.4, 0.5) is 0 Å². The molecule has 1 aliphatic carbocycles. The zero-order chi connectivity index (χ0) is 12.3. The predicted octanol–water partition coefficient (Wildman–Crippen LogP) is 2.35. The maximum absolute atomic E-state index is 12.0. The van der Waals surface area contributed by atoms with Crippen molar-refractivity contribution in [2.45, 2.75) is 19.4 Å². The van der Waals surface area contributed by atoms with Gasteiger partial charge in [0, 0.05) is 0 Å². The van der Waals surface area contributed by atoms with E-state index in [4.69, 9.17) is 16.3 Å². The van der Waals surface area contributed by atoms with Crippen molar-refractivity contribution in [3.63, 3.8) is 0 Å². The first-order valence-electron chi connectivity index (χ1n) is 5.47. The number of ether oxygens (including phenoxy) is 1. The molecule has 17 heavy (non-hydrogen) atoms. The molecule has 4 nitrogen and oxygen atoms in total. The van der Waals surface area contributed by atoms with Gasteiger partial charge in [-0.2, -0.15) is 5.10 Å². The van der Waals surface area contributed by atoms with Crippen LogP contribution in [0.5, 0.6) is 5.75 Å². The van der Waals surface area contributed by atoms with Crippen LogP contribution in [0.25, 0.3) is 0 Å². The molecule has 0 spiro atoms. The highest BCUT2D eigenvalue weighted by atomic mass is 35.5. The number of rotatable bonds is 3. The minimum atomic E-state index is -0.317. The summed E-state index contributed by atoms with van der Waals surface area (Å²) >= 11 is 5.96. The van der Waals surface area contributed by atoms with Gasteiger partial charge in [-0.15, -0.1) is 0 Å². The van der Waals surface area contributed by atoms with E-state index >= 15 is 0 Å². The van der Waals surface area contributed by atoms with Crippen LogP contribution in [-0.4, -0.2) is 16.4 Å². The average molecular weight is 253 g/mol. The first-order chi connectivity index (χ1) is 8.24. The fourth-order valence-corrected chi connectivity index (χ4v) is 1.86. The normalized spacial score (nSPS) is 18.4. The van der Waals surface area contributed by atoms with Crippen molar-refractivity contribution >= 4 is 11.6 Å². The Morgan fingerprint density at radius 2 is 2.41 bits per heavy atom. The molecule has 1 aliphatic rings. The van der Waals surface area contributed by atoms with Gasteiger partial charge in [-0.3, -0.25) is 4.79 Å². The molecule has 0 fully saturated rings. The van der Waals surface area contributed by atoms with Gasteiger partial charge in [-0.25, -0.2) is 4.68 Å².